The van der Waals surface area contributed by atoms with Crippen LogP contribution >= 0.6 is 0 Å². The summed E-state index contributed by atoms with van der Waals surface area (Å²) in [4.78, 5) is 0. The lowest BCUT2D eigenvalue weighted by Crippen LogP contribution is -2.22. The predicted octanol–water partition coefficient (Wildman–Crippen LogP) is 3.55. The maximum Gasteiger partial charge on any atom is 0.127 e. The van der Waals surface area contributed by atoms with E-state index in [1.807, 2.05) is 12.1 Å². The number of nitrogens with one attached hydrogen (secondary N) is 1. The van der Waals surface area contributed by atoms with Crippen molar-refractivity contribution in [3.8, 4) is 23.8 Å². The molecule has 1 unspecified atom stereocenters. The lowest BCUT2D eigenvalue weighted by atomic mass is 9.99. The Morgan fingerprint density at radius 1 is 1.30 bits per heavy atom. The van der Waals surface area contributed by atoms with Crippen molar-refractivity contribution in [2.75, 3.05) is 20.8 Å². The quantitative estimate of drug-likeness (QED) is 0.552. The Balaban J connectivity index is 2.90. The second kappa shape index (κ2) is 9.28. The average molecular weight is 275 g/mol. The molecule has 20 heavy (non-hydrogen) atoms. The van der Waals surface area contributed by atoms with E-state index in [0.717, 1.165) is 43.7 Å². The van der Waals surface area contributed by atoms with Gasteiger partial charge in [-0.05, 0) is 31.9 Å². The molecule has 0 saturated heterocycles. The van der Waals surface area contributed by atoms with E-state index in [4.69, 9.17) is 15.9 Å². The van der Waals surface area contributed by atoms with Gasteiger partial charge in [-0.25, -0.2) is 0 Å². The van der Waals surface area contributed by atoms with E-state index in [2.05, 4.69) is 24.2 Å². The van der Waals surface area contributed by atoms with Gasteiger partial charge in [0, 0.05) is 24.1 Å². The monoisotopic (exact) mass is 275 g/mol. The summed E-state index contributed by atoms with van der Waals surface area (Å²) in [7, 11) is 3.35. The number of unbranched alkanes of at least 4 members (excludes halogenated alkanes) is 1. The number of terminal acetylenes is 1. The zero-order valence-corrected chi connectivity index (χ0v) is 12.7. The van der Waals surface area contributed by atoms with Crippen molar-refractivity contribution in [2.24, 2.45) is 0 Å². The number of benzene rings is 1. The Hall–Kier alpha value is -1.66. The first-order valence-corrected chi connectivity index (χ1v) is 7.15. The van der Waals surface area contributed by atoms with E-state index in [0.29, 0.717) is 0 Å². The summed E-state index contributed by atoms with van der Waals surface area (Å²) in [5.74, 6) is 4.37. The summed E-state index contributed by atoms with van der Waals surface area (Å²) >= 11 is 0. The van der Waals surface area contributed by atoms with Crippen LogP contribution in [-0.4, -0.2) is 20.8 Å². The van der Waals surface area contributed by atoms with Gasteiger partial charge < -0.3 is 14.8 Å². The fourth-order valence-electron chi connectivity index (χ4n) is 2.20. The van der Waals surface area contributed by atoms with Crippen LogP contribution in [0.5, 0.6) is 11.5 Å². The SMILES string of the molecule is C#CCCCC(NCCC)c1ccc(OC)cc1OC. The van der Waals surface area contributed by atoms with Crippen molar-refractivity contribution >= 4 is 0 Å². The molecule has 0 aromatic heterocycles. The Kier molecular flexibility index (Phi) is 7.60. The first kappa shape index (κ1) is 16.4. The minimum absolute atomic E-state index is 0.268. The molecule has 0 saturated carbocycles. The Labute approximate surface area is 122 Å². The maximum atomic E-state index is 5.49. The van der Waals surface area contributed by atoms with E-state index in [9.17, 15) is 0 Å². The second-order valence-electron chi connectivity index (χ2n) is 4.71. The van der Waals surface area contributed by atoms with Crippen LogP contribution in [0.1, 0.15) is 44.2 Å². The Morgan fingerprint density at radius 2 is 2.10 bits per heavy atom. The van der Waals surface area contributed by atoms with Gasteiger partial charge in [0.15, 0.2) is 0 Å². The normalized spacial score (nSPS) is 11.7. The minimum Gasteiger partial charge on any atom is -0.497 e. The zero-order chi connectivity index (χ0) is 14.8. The molecule has 3 heteroatoms. The fraction of sp³-hybridized carbons (Fsp3) is 0.529. The third-order valence-electron chi connectivity index (χ3n) is 3.27. The molecule has 0 amide bonds. The van der Waals surface area contributed by atoms with Crippen LogP contribution in [0, 0.1) is 12.3 Å². The van der Waals surface area contributed by atoms with Crippen molar-refractivity contribution in [3.63, 3.8) is 0 Å². The molecule has 0 aliphatic heterocycles. The lowest BCUT2D eigenvalue weighted by Gasteiger charge is -2.21. The van der Waals surface area contributed by atoms with Gasteiger partial charge in [-0.1, -0.05) is 13.0 Å². The highest BCUT2D eigenvalue weighted by Crippen LogP contribution is 2.31. The molecule has 0 spiro atoms. The van der Waals surface area contributed by atoms with E-state index < -0.39 is 0 Å². The van der Waals surface area contributed by atoms with E-state index in [1.54, 1.807) is 14.2 Å². The summed E-state index contributed by atoms with van der Waals surface area (Å²) < 4.78 is 10.7. The van der Waals surface area contributed by atoms with Gasteiger partial charge in [-0.15, -0.1) is 12.3 Å². The van der Waals surface area contributed by atoms with Gasteiger partial charge in [0.2, 0.25) is 0 Å². The van der Waals surface area contributed by atoms with Crippen LogP contribution in [0.3, 0.4) is 0 Å². The largest absolute Gasteiger partial charge is 0.497 e. The highest BCUT2D eigenvalue weighted by atomic mass is 16.5. The molecular weight excluding hydrogens is 250 g/mol. The van der Waals surface area contributed by atoms with Crippen molar-refractivity contribution in [1.29, 1.82) is 0 Å². The van der Waals surface area contributed by atoms with Crippen molar-refractivity contribution in [2.45, 2.75) is 38.6 Å². The maximum absolute atomic E-state index is 5.49. The molecule has 1 rings (SSSR count). The molecule has 1 atom stereocenters. The topological polar surface area (TPSA) is 30.5 Å². The third kappa shape index (κ3) is 4.79. The molecule has 1 N–H and O–H groups in total. The lowest BCUT2D eigenvalue weighted by molar-refractivity contribution is 0.380. The molecule has 0 heterocycles. The van der Waals surface area contributed by atoms with Crippen LogP contribution in [0.15, 0.2) is 18.2 Å². The molecule has 110 valence electrons. The molecule has 0 aliphatic carbocycles. The first-order valence-electron chi connectivity index (χ1n) is 7.15. The van der Waals surface area contributed by atoms with Gasteiger partial charge in [-0.3, -0.25) is 0 Å². The summed E-state index contributed by atoms with van der Waals surface area (Å²) in [5, 5.41) is 3.57. The molecule has 1 aromatic carbocycles. The van der Waals surface area contributed by atoms with Gasteiger partial charge in [0.05, 0.1) is 14.2 Å². The number of hydrogen-bond donors (Lipinski definition) is 1. The summed E-state index contributed by atoms with van der Waals surface area (Å²) in [6, 6.07) is 6.24. The number of hydrogen-bond acceptors (Lipinski definition) is 3. The molecule has 1 aromatic rings. The average Bonchev–Trinajstić information content (AvgIpc) is 2.50. The van der Waals surface area contributed by atoms with Crippen molar-refractivity contribution in [3.05, 3.63) is 23.8 Å². The van der Waals surface area contributed by atoms with E-state index >= 15 is 0 Å². The Morgan fingerprint density at radius 3 is 2.70 bits per heavy atom. The van der Waals surface area contributed by atoms with Gasteiger partial charge in [0.25, 0.3) is 0 Å². The number of ether oxygens (including phenoxy) is 2. The smallest absolute Gasteiger partial charge is 0.127 e. The third-order valence-corrected chi connectivity index (χ3v) is 3.27. The highest BCUT2D eigenvalue weighted by molar-refractivity contribution is 5.42. The second-order valence-corrected chi connectivity index (χ2v) is 4.71. The molecule has 0 fully saturated rings. The number of rotatable bonds is 9. The standard InChI is InChI=1S/C17H25NO2/c1-5-7-8-9-16(18-12-6-2)15-11-10-14(19-3)13-17(15)20-4/h1,10-11,13,16,18H,6-9,12H2,2-4H3. The molecular formula is C17H25NO2. The highest BCUT2D eigenvalue weighted by Gasteiger charge is 2.15. The van der Waals surface area contributed by atoms with Crippen LogP contribution < -0.4 is 14.8 Å². The van der Waals surface area contributed by atoms with Gasteiger partial charge >= 0.3 is 0 Å². The predicted molar refractivity (Wildman–Crippen MR) is 83.3 cm³/mol. The van der Waals surface area contributed by atoms with Gasteiger partial charge in [0.1, 0.15) is 11.5 Å². The molecule has 0 radical (unpaired) electrons. The van der Waals surface area contributed by atoms with Crippen LogP contribution in [-0.2, 0) is 0 Å². The first-order chi connectivity index (χ1) is 9.76. The molecule has 0 bridgehead atoms. The summed E-state index contributed by atoms with van der Waals surface area (Å²) in [5.41, 5.74) is 1.17. The van der Waals surface area contributed by atoms with E-state index in [-0.39, 0.29) is 6.04 Å². The fourth-order valence-corrected chi connectivity index (χ4v) is 2.20. The van der Waals surface area contributed by atoms with Crippen LogP contribution in [0.4, 0.5) is 0 Å². The van der Waals surface area contributed by atoms with Crippen LogP contribution in [0.25, 0.3) is 0 Å². The minimum atomic E-state index is 0.268. The summed E-state index contributed by atoms with van der Waals surface area (Å²) in [6.07, 6.45) is 9.26. The Bertz CT molecular complexity index is 437. The van der Waals surface area contributed by atoms with Crippen molar-refractivity contribution < 1.29 is 9.47 Å². The zero-order valence-electron chi connectivity index (χ0n) is 12.7. The molecule has 3 nitrogen and oxygen atoms in total. The molecule has 0 aliphatic rings. The van der Waals surface area contributed by atoms with Gasteiger partial charge in [-0.2, -0.15) is 0 Å². The number of methoxy groups -OCH3 is 2. The van der Waals surface area contributed by atoms with E-state index in [1.165, 1.54) is 5.56 Å². The van der Waals surface area contributed by atoms with Crippen LogP contribution in [0.2, 0.25) is 0 Å². The summed E-state index contributed by atoms with van der Waals surface area (Å²) in [6.45, 7) is 3.15. The van der Waals surface area contributed by atoms with Crippen molar-refractivity contribution in [1.82, 2.24) is 5.32 Å².